The second-order valence-electron chi connectivity index (χ2n) is 4.18. The van der Waals surface area contributed by atoms with Crippen molar-refractivity contribution in [3.05, 3.63) is 51.3 Å². The lowest BCUT2D eigenvalue weighted by Gasteiger charge is -2.05. The van der Waals surface area contributed by atoms with Crippen LogP contribution < -0.4 is 5.43 Å². The second-order valence-corrected chi connectivity index (χ2v) is 4.59. The molecule has 4 nitrogen and oxygen atoms in total. The first-order valence-corrected chi connectivity index (χ1v) is 5.95. The Morgan fingerprint density at radius 1 is 1.32 bits per heavy atom. The van der Waals surface area contributed by atoms with Crippen molar-refractivity contribution in [1.29, 1.82) is 0 Å². The number of hydrogen-bond acceptors (Lipinski definition) is 4. The maximum atomic E-state index is 12.1. The van der Waals surface area contributed by atoms with Crippen LogP contribution in [0.5, 0.6) is 5.75 Å². The molecule has 0 saturated carbocycles. The van der Waals surface area contributed by atoms with Crippen molar-refractivity contribution in [3.63, 3.8) is 0 Å². The number of halogens is 1. The van der Waals surface area contributed by atoms with Crippen LogP contribution in [-0.2, 0) is 0 Å². The van der Waals surface area contributed by atoms with Gasteiger partial charge in [0.15, 0.2) is 5.76 Å². The molecular weight excluding hydrogens is 268 g/mol. The topological polar surface area (TPSA) is 63.6 Å². The van der Waals surface area contributed by atoms with Gasteiger partial charge in [-0.2, -0.15) is 0 Å². The van der Waals surface area contributed by atoms with Crippen molar-refractivity contribution in [2.75, 3.05) is 0 Å². The number of aryl methyl sites for hydroxylation is 1. The van der Waals surface area contributed by atoms with Crippen LogP contribution in [0.2, 0.25) is 5.02 Å². The lowest BCUT2D eigenvalue weighted by molar-refractivity contribution is 0.439. The third kappa shape index (κ3) is 1.81. The zero-order valence-corrected chi connectivity index (χ0v) is 10.7. The third-order valence-electron chi connectivity index (χ3n) is 2.89. The van der Waals surface area contributed by atoms with Crippen LogP contribution in [0.25, 0.3) is 22.5 Å². The summed E-state index contributed by atoms with van der Waals surface area (Å²) >= 11 is 5.97. The van der Waals surface area contributed by atoms with Gasteiger partial charge in [0.1, 0.15) is 5.58 Å². The first-order valence-electron chi connectivity index (χ1n) is 5.57. The summed E-state index contributed by atoms with van der Waals surface area (Å²) in [5.41, 5.74) is 0.610. The summed E-state index contributed by atoms with van der Waals surface area (Å²) in [6.45, 7) is 1.81. The van der Waals surface area contributed by atoms with E-state index in [4.69, 9.17) is 20.4 Å². The Balaban J connectivity index is 2.42. The van der Waals surface area contributed by atoms with E-state index in [9.17, 15) is 9.90 Å². The SMILES string of the molecule is Cc1cc2oc(-c3ccco3)c(O)c(=O)c2cc1Cl. The minimum absolute atomic E-state index is 0.0178. The summed E-state index contributed by atoms with van der Waals surface area (Å²) in [7, 11) is 0. The molecule has 3 aromatic rings. The number of furan rings is 1. The Morgan fingerprint density at radius 3 is 2.79 bits per heavy atom. The molecular formula is C14H9ClO4. The largest absolute Gasteiger partial charge is 0.501 e. The van der Waals surface area contributed by atoms with E-state index in [1.165, 1.54) is 12.3 Å². The number of benzene rings is 1. The summed E-state index contributed by atoms with van der Waals surface area (Å²) in [4.78, 5) is 12.1. The number of aromatic hydroxyl groups is 1. The fourth-order valence-corrected chi connectivity index (χ4v) is 2.04. The molecule has 0 bridgehead atoms. The molecule has 0 unspecified atom stereocenters. The number of rotatable bonds is 1. The van der Waals surface area contributed by atoms with Gasteiger partial charge in [0.05, 0.1) is 11.6 Å². The summed E-state index contributed by atoms with van der Waals surface area (Å²) in [5.74, 6) is -0.171. The van der Waals surface area contributed by atoms with Crippen LogP contribution in [0.1, 0.15) is 5.56 Å². The Kier molecular flexibility index (Phi) is 2.61. The normalized spacial score (nSPS) is 11.1. The van der Waals surface area contributed by atoms with Crippen molar-refractivity contribution >= 4 is 22.6 Å². The average molecular weight is 277 g/mol. The van der Waals surface area contributed by atoms with Gasteiger partial charge in [0.2, 0.25) is 16.9 Å². The maximum Gasteiger partial charge on any atom is 0.235 e. The highest BCUT2D eigenvalue weighted by atomic mass is 35.5. The summed E-state index contributed by atoms with van der Waals surface area (Å²) in [6, 6.07) is 6.40. The quantitative estimate of drug-likeness (QED) is 0.736. The van der Waals surface area contributed by atoms with Crippen molar-refractivity contribution in [3.8, 4) is 17.3 Å². The van der Waals surface area contributed by atoms with Gasteiger partial charge in [-0.25, -0.2) is 0 Å². The summed E-state index contributed by atoms with van der Waals surface area (Å²) in [6.07, 6.45) is 1.44. The van der Waals surface area contributed by atoms with Crippen LogP contribution in [-0.4, -0.2) is 5.11 Å². The van der Waals surface area contributed by atoms with Crippen LogP contribution in [0, 0.1) is 6.92 Å². The monoisotopic (exact) mass is 276 g/mol. The van der Waals surface area contributed by atoms with Crippen molar-refractivity contribution in [1.82, 2.24) is 0 Å². The van der Waals surface area contributed by atoms with E-state index in [0.717, 1.165) is 5.56 Å². The Labute approximate surface area is 112 Å². The smallest absolute Gasteiger partial charge is 0.235 e. The fraction of sp³-hybridized carbons (Fsp3) is 0.0714. The van der Waals surface area contributed by atoms with Gasteiger partial charge in [0.25, 0.3) is 0 Å². The molecule has 0 amide bonds. The van der Waals surface area contributed by atoms with Gasteiger partial charge in [0, 0.05) is 5.02 Å². The van der Waals surface area contributed by atoms with Crippen LogP contribution in [0.4, 0.5) is 0 Å². The average Bonchev–Trinajstić information content (AvgIpc) is 2.90. The molecule has 5 heteroatoms. The van der Waals surface area contributed by atoms with Gasteiger partial charge < -0.3 is 13.9 Å². The minimum Gasteiger partial charge on any atom is -0.501 e. The van der Waals surface area contributed by atoms with E-state index >= 15 is 0 Å². The predicted molar refractivity (Wildman–Crippen MR) is 71.6 cm³/mol. The molecule has 0 aliphatic carbocycles. The second kappa shape index (κ2) is 4.17. The molecule has 96 valence electrons. The lowest BCUT2D eigenvalue weighted by atomic mass is 10.1. The van der Waals surface area contributed by atoms with E-state index in [1.54, 1.807) is 25.1 Å². The fourth-order valence-electron chi connectivity index (χ4n) is 1.88. The Bertz CT molecular complexity index is 816. The lowest BCUT2D eigenvalue weighted by Crippen LogP contribution is -2.02. The Morgan fingerprint density at radius 2 is 2.11 bits per heavy atom. The highest BCUT2D eigenvalue weighted by molar-refractivity contribution is 6.32. The van der Waals surface area contributed by atoms with E-state index in [1.807, 2.05) is 0 Å². The van der Waals surface area contributed by atoms with E-state index in [-0.39, 0.29) is 11.1 Å². The van der Waals surface area contributed by atoms with E-state index in [2.05, 4.69) is 0 Å². The van der Waals surface area contributed by atoms with Gasteiger partial charge in [-0.3, -0.25) is 4.79 Å². The molecule has 0 fully saturated rings. The molecule has 2 aromatic heterocycles. The number of fused-ring (bicyclic) bond motifs is 1. The third-order valence-corrected chi connectivity index (χ3v) is 3.30. The zero-order valence-electron chi connectivity index (χ0n) is 9.94. The highest BCUT2D eigenvalue weighted by Gasteiger charge is 2.17. The molecule has 1 N–H and O–H groups in total. The predicted octanol–water partition coefficient (Wildman–Crippen LogP) is 3.72. The standard InChI is InChI=1S/C14H9ClO4/c1-7-5-11-8(6-9(7)15)12(16)13(17)14(19-11)10-3-2-4-18-10/h2-6,17H,1H3. The Hall–Kier alpha value is -2.20. The molecule has 0 atom stereocenters. The molecule has 0 spiro atoms. The van der Waals surface area contributed by atoms with Gasteiger partial charge in [-0.1, -0.05) is 11.6 Å². The van der Waals surface area contributed by atoms with Crippen molar-refractivity contribution in [2.45, 2.75) is 6.92 Å². The van der Waals surface area contributed by atoms with Crippen LogP contribution >= 0.6 is 11.6 Å². The maximum absolute atomic E-state index is 12.1. The molecule has 3 rings (SSSR count). The van der Waals surface area contributed by atoms with Gasteiger partial charge in [-0.05, 0) is 36.8 Å². The van der Waals surface area contributed by atoms with Crippen LogP contribution in [0.3, 0.4) is 0 Å². The molecule has 0 radical (unpaired) electrons. The van der Waals surface area contributed by atoms with Crippen molar-refractivity contribution < 1.29 is 13.9 Å². The summed E-state index contributed by atoms with van der Waals surface area (Å²) < 4.78 is 10.7. The minimum atomic E-state index is -0.533. The molecule has 0 aliphatic rings. The van der Waals surface area contributed by atoms with Gasteiger partial charge >= 0.3 is 0 Å². The zero-order chi connectivity index (χ0) is 13.6. The van der Waals surface area contributed by atoms with Crippen LogP contribution in [0.15, 0.2) is 44.2 Å². The van der Waals surface area contributed by atoms with E-state index in [0.29, 0.717) is 16.4 Å². The molecule has 0 aliphatic heterocycles. The molecule has 19 heavy (non-hydrogen) atoms. The first-order chi connectivity index (χ1) is 9.08. The molecule has 2 heterocycles. The summed E-state index contributed by atoms with van der Waals surface area (Å²) in [5, 5.41) is 10.6. The number of hydrogen-bond donors (Lipinski definition) is 1. The highest BCUT2D eigenvalue weighted by Crippen LogP contribution is 2.31. The van der Waals surface area contributed by atoms with Gasteiger partial charge in [-0.15, -0.1) is 0 Å². The molecule has 1 aromatic carbocycles. The molecule has 0 saturated heterocycles. The first kappa shape index (κ1) is 11.9. The van der Waals surface area contributed by atoms with Crippen molar-refractivity contribution in [2.24, 2.45) is 0 Å². The van der Waals surface area contributed by atoms with E-state index < -0.39 is 11.2 Å².